The molecular formula is C50H29N3OS. The van der Waals surface area contributed by atoms with Gasteiger partial charge in [0, 0.05) is 58.5 Å². The molecule has 12 rings (SSSR count). The lowest BCUT2D eigenvalue weighted by molar-refractivity contribution is 0.669. The van der Waals surface area contributed by atoms with Crippen molar-refractivity contribution in [3.63, 3.8) is 0 Å². The van der Waals surface area contributed by atoms with Crippen molar-refractivity contribution in [1.82, 2.24) is 9.13 Å². The molecule has 4 nitrogen and oxygen atoms in total. The largest absolute Gasteiger partial charge is 0.456 e. The van der Waals surface area contributed by atoms with Crippen LogP contribution in [0.25, 0.3) is 113 Å². The molecule has 0 amide bonds. The van der Waals surface area contributed by atoms with Crippen LogP contribution in [0.2, 0.25) is 0 Å². The zero-order valence-electron chi connectivity index (χ0n) is 29.7. The van der Waals surface area contributed by atoms with Crippen LogP contribution < -0.4 is 0 Å². The van der Waals surface area contributed by atoms with Crippen LogP contribution in [0.5, 0.6) is 0 Å². The first-order valence-electron chi connectivity index (χ1n) is 18.4. The number of furan rings is 1. The third-order valence-corrected chi connectivity index (χ3v) is 12.5. The molecular weight excluding hydrogens is 691 g/mol. The summed E-state index contributed by atoms with van der Waals surface area (Å²) in [6, 6.07) is 56.7. The topological polar surface area (TPSA) is 27.4 Å². The van der Waals surface area contributed by atoms with Crippen molar-refractivity contribution in [2.24, 2.45) is 0 Å². The van der Waals surface area contributed by atoms with Crippen molar-refractivity contribution in [2.75, 3.05) is 0 Å². The highest BCUT2D eigenvalue weighted by atomic mass is 32.1. The smallest absolute Gasteiger partial charge is 0.188 e. The summed E-state index contributed by atoms with van der Waals surface area (Å²) in [6.45, 7) is 9.75. The Morgan fingerprint density at radius 3 is 1.71 bits per heavy atom. The van der Waals surface area contributed by atoms with Crippen LogP contribution in [0.15, 0.2) is 162 Å². The molecule has 0 fully saturated rings. The predicted octanol–water partition coefficient (Wildman–Crippen LogP) is 14.7. The van der Waals surface area contributed by atoms with E-state index >= 15 is 0 Å². The molecule has 8 aromatic carbocycles. The Hall–Kier alpha value is -7.13. The lowest BCUT2D eigenvalue weighted by Crippen LogP contribution is -1.93. The van der Waals surface area contributed by atoms with Crippen LogP contribution in [0.3, 0.4) is 0 Å². The van der Waals surface area contributed by atoms with Crippen LogP contribution in [-0.2, 0) is 0 Å². The van der Waals surface area contributed by atoms with Gasteiger partial charge in [-0.2, -0.15) is 0 Å². The highest BCUT2D eigenvalue weighted by molar-refractivity contribution is 7.25. The van der Waals surface area contributed by atoms with E-state index in [-0.39, 0.29) is 0 Å². The van der Waals surface area contributed by atoms with Crippen LogP contribution in [-0.4, -0.2) is 9.13 Å². The van der Waals surface area contributed by atoms with Gasteiger partial charge in [-0.1, -0.05) is 66.2 Å². The second kappa shape index (κ2) is 11.2. The minimum Gasteiger partial charge on any atom is -0.456 e. The zero-order chi connectivity index (χ0) is 36.4. The number of aryl methyl sites for hydroxylation is 1. The van der Waals surface area contributed by atoms with Gasteiger partial charge in [-0.3, -0.25) is 0 Å². The van der Waals surface area contributed by atoms with Gasteiger partial charge >= 0.3 is 0 Å². The fraction of sp³-hybridized carbons (Fsp3) is 0.0200. The molecule has 0 radical (unpaired) electrons. The third kappa shape index (κ3) is 4.37. The fourth-order valence-electron chi connectivity index (χ4n) is 8.84. The summed E-state index contributed by atoms with van der Waals surface area (Å²) in [5.41, 5.74) is 12.8. The van der Waals surface area contributed by atoms with Crippen molar-refractivity contribution in [3.05, 3.63) is 175 Å². The van der Waals surface area contributed by atoms with Crippen molar-refractivity contribution in [2.45, 2.75) is 6.92 Å². The van der Waals surface area contributed by atoms with Gasteiger partial charge in [0.05, 0.1) is 28.6 Å². The maximum atomic E-state index is 7.59. The van der Waals surface area contributed by atoms with Gasteiger partial charge in [0.2, 0.25) is 0 Å². The average molecular weight is 720 g/mol. The maximum absolute atomic E-state index is 7.59. The molecule has 4 heterocycles. The number of para-hydroxylation sites is 2. The number of rotatable bonds is 3. The molecule has 55 heavy (non-hydrogen) atoms. The van der Waals surface area contributed by atoms with E-state index in [2.05, 4.69) is 166 Å². The number of fused-ring (bicyclic) bond motifs is 12. The van der Waals surface area contributed by atoms with Gasteiger partial charge in [-0.25, -0.2) is 4.85 Å². The molecule has 0 bridgehead atoms. The molecule has 0 spiro atoms. The van der Waals surface area contributed by atoms with Gasteiger partial charge < -0.3 is 13.6 Å². The molecule has 256 valence electrons. The Morgan fingerprint density at radius 2 is 0.982 bits per heavy atom. The number of thiophene rings is 1. The van der Waals surface area contributed by atoms with E-state index in [4.69, 9.17) is 11.0 Å². The van der Waals surface area contributed by atoms with Gasteiger partial charge in [0.15, 0.2) is 5.69 Å². The second-order valence-electron chi connectivity index (χ2n) is 14.5. The Bertz CT molecular complexity index is 3640. The molecule has 0 unspecified atom stereocenters. The first-order chi connectivity index (χ1) is 27.1. The maximum Gasteiger partial charge on any atom is 0.188 e. The Balaban J connectivity index is 1.01. The van der Waals surface area contributed by atoms with Crippen LogP contribution in [0.4, 0.5) is 5.69 Å². The van der Waals surface area contributed by atoms with Crippen molar-refractivity contribution in [3.8, 4) is 22.5 Å². The number of benzene rings is 8. The number of aromatic nitrogens is 2. The molecule has 0 saturated heterocycles. The van der Waals surface area contributed by atoms with E-state index < -0.39 is 0 Å². The van der Waals surface area contributed by atoms with Crippen molar-refractivity contribution < 1.29 is 4.42 Å². The molecule has 12 aromatic rings. The highest BCUT2D eigenvalue weighted by Gasteiger charge is 2.17. The van der Waals surface area contributed by atoms with Crippen molar-refractivity contribution >= 4 is 103 Å². The Kier molecular flexibility index (Phi) is 6.17. The van der Waals surface area contributed by atoms with E-state index in [0.717, 1.165) is 55.0 Å². The summed E-state index contributed by atoms with van der Waals surface area (Å²) in [7, 11) is 0. The molecule has 0 aliphatic rings. The number of nitrogens with zero attached hydrogens (tertiary/aromatic N) is 3. The predicted molar refractivity (Wildman–Crippen MR) is 232 cm³/mol. The molecule has 4 aromatic heterocycles. The van der Waals surface area contributed by atoms with E-state index in [1.54, 1.807) is 0 Å². The van der Waals surface area contributed by atoms with E-state index in [1.807, 2.05) is 23.5 Å². The van der Waals surface area contributed by atoms with Gasteiger partial charge in [-0.05, 0) is 120 Å². The lowest BCUT2D eigenvalue weighted by Gasteiger charge is -2.09. The zero-order valence-corrected chi connectivity index (χ0v) is 30.5. The standard InChI is InChI=1S/C50H29N3OS/c1-29-11-17-45-37(23-29)35-7-3-5-9-43(35)53(45)34-16-22-50-42(28-34)41-25-31(13-21-49(41)55-50)30-12-19-47-39(24-30)40-27-33(15-20-48(40)54-47)52-44-10-6-4-8-36(44)38-26-32(51-2)14-18-46(38)52/h3-28H,1H3. The normalized spacial score (nSPS) is 12.1. The van der Waals surface area contributed by atoms with E-state index in [0.29, 0.717) is 5.69 Å². The molecule has 0 aliphatic carbocycles. The highest BCUT2D eigenvalue weighted by Crippen LogP contribution is 2.42. The first kappa shape index (κ1) is 30.3. The van der Waals surface area contributed by atoms with Gasteiger partial charge in [0.1, 0.15) is 11.2 Å². The Labute approximate surface area is 319 Å². The summed E-state index contributed by atoms with van der Waals surface area (Å²) in [5.74, 6) is 0. The average Bonchev–Trinajstić information content (AvgIpc) is 3.97. The van der Waals surface area contributed by atoms with Crippen LogP contribution >= 0.6 is 11.3 Å². The summed E-state index contributed by atoms with van der Waals surface area (Å²) >= 11 is 1.85. The molecule has 5 heteroatoms. The number of hydrogen-bond donors (Lipinski definition) is 0. The number of hydrogen-bond acceptors (Lipinski definition) is 2. The summed E-state index contributed by atoms with van der Waals surface area (Å²) < 4.78 is 13.7. The monoisotopic (exact) mass is 719 g/mol. The SMILES string of the molecule is [C-]#[N+]c1ccc2c(c1)c1ccccc1n2-c1ccc2oc3ccc(-c4ccc5sc6ccc(-n7c8ccccc8c8cc(C)ccc87)cc6c5c4)cc3c2c1. The minimum absolute atomic E-state index is 0.645. The molecule has 0 saturated carbocycles. The third-order valence-electron chi connectivity index (χ3n) is 11.4. The Morgan fingerprint density at radius 1 is 0.455 bits per heavy atom. The van der Waals surface area contributed by atoms with E-state index in [9.17, 15) is 0 Å². The molecule has 0 N–H and O–H groups in total. The molecule has 0 atom stereocenters. The quantitative estimate of drug-likeness (QED) is 0.167. The summed E-state index contributed by atoms with van der Waals surface area (Å²) in [5, 5.41) is 9.48. The summed E-state index contributed by atoms with van der Waals surface area (Å²) in [4.78, 5) is 3.70. The van der Waals surface area contributed by atoms with Gasteiger partial charge in [-0.15, -0.1) is 11.3 Å². The molecule has 0 aliphatic heterocycles. The van der Waals surface area contributed by atoms with Crippen molar-refractivity contribution in [1.29, 1.82) is 0 Å². The summed E-state index contributed by atoms with van der Waals surface area (Å²) in [6.07, 6.45) is 0. The van der Waals surface area contributed by atoms with Crippen LogP contribution in [0, 0.1) is 13.5 Å². The second-order valence-corrected chi connectivity index (χ2v) is 15.6. The fourth-order valence-corrected chi connectivity index (χ4v) is 9.91. The minimum atomic E-state index is 0.645. The lowest BCUT2D eigenvalue weighted by atomic mass is 10.0. The first-order valence-corrected chi connectivity index (χ1v) is 19.3. The van der Waals surface area contributed by atoms with Crippen LogP contribution in [0.1, 0.15) is 5.56 Å². The van der Waals surface area contributed by atoms with Gasteiger partial charge in [0.25, 0.3) is 0 Å². The van der Waals surface area contributed by atoms with E-state index in [1.165, 1.54) is 58.8 Å².